The van der Waals surface area contributed by atoms with Crippen molar-refractivity contribution >= 4 is 5.78 Å². The Hall–Kier alpha value is -2.21. The normalized spacial score (nSPS) is 27.3. The van der Waals surface area contributed by atoms with Crippen LogP contribution in [0.15, 0.2) is 30.3 Å². The summed E-state index contributed by atoms with van der Waals surface area (Å²) in [6, 6.07) is 8.41. The van der Waals surface area contributed by atoms with Gasteiger partial charge >= 0.3 is 0 Å². The lowest BCUT2D eigenvalue weighted by molar-refractivity contribution is 0.0444. The average Bonchev–Trinajstić information content (AvgIpc) is 2.62. The standard InChI is InChI=1S/C20H20O5/c1-9-8-13(21)15-11(18(9)22)6-7-12-17(15)20(24)10-4-3-5-14(25-2)16(10)19(12)23/h3-7,9,13,18,20-22,24H,8H2,1-2H3/t9-,13+,18+,20+/m1/s1. The molecule has 0 radical (unpaired) electrons. The van der Waals surface area contributed by atoms with Gasteiger partial charge in [0.25, 0.3) is 0 Å². The van der Waals surface area contributed by atoms with Gasteiger partial charge in [0.15, 0.2) is 5.78 Å². The molecule has 0 aliphatic heterocycles. The molecule has 0 saturated heterocycles. The maximum atomic E-state index is 13.0. The molecule has 25 heavy (non-hydrogen) atoms. The Morgan fingerprint density at radius 3 is 2.52 bits per heavy atom. The number of aliphatic hydroxyl groups is 3. The van der Waals surface area contributed by atoms with Gasteiger partial charge in [-0.15, -0.1) is 0 Å². The summed E-state index contributed by atoms with van der Waals surface area (Å²) >= 11 is 0. The van der Waals surface area contributed by atoms with E-state index in [0.717, 1.165) is 0 Å². The monoisotopic (exact) mass is 340 g/mol. The van der Waals surface area contributed by atoms with Gasteiger partial charge in [-0.05, 0) is 35.1 Å². The summed E-state index contributed by atoms with van der Waals surface area (Å²) in [5.41, 5.74) is 2.64. The molecule has 130 valence electrons. The van der Waals surface area contributed by atoms with Crippen molar-refractivity contribution in [3.63, 3.8) is 0 Å². The highest BCUT2D eigenvalue weighted by Gasteiger charge is 2.40. The minimum absolute atomic E-state index is 0.0932. The summed E-state index contributed by atoms with van der Waals surface area (Å²) in [6.07, 6.45) is -2.21. The van der Waals surface area contributed by atoms with Crippen molar-refractivity contribution in [2.75, 3.05) is 7.11 Å². The SMILES string of the molecule is COc1cccc2c1C(=O)c1ccc3c(c1[C@H]2O)[C@@H](O)C[C@@H](C)[C@@H]3O. The summed E-state index contributed by atoms with van der Waals surface area (Å²) in [5, 5.41) is 32.1. The van der Waals surface area contributed by atoms with Crippen LogP contribution < -0.4 is 4.74 Å². The molecule has 2 aromatic carbocycles. The lowest BCUT2D eigenvalue weighted by atomic mass is 9.72. The van der Waals surface area contributed by atoms with Crippen molar-refractivity contribution in [3.8, 4) is 5.75 Å². The topological polar surface area (TPSA) is 87.0 Å². The zero-order valence-corrected chi connectivity index (χ0v) is 14.1. The Bertz CT molecular complexity index is 873. The summed E-state index contributed by atoms with van der Waals surface area (Å²) in [7, 11) is 1.49. The third-order valence-electron chi connectivity index (χ3n) is 5.42. The summed E-state index contributed by atoms with van der Waals surface area (Å²) in [6.45, 7) is 1.87. The molecule has 3 N–H and O–H groups in total. The minimum Gasteiger partial charge on any atom is -0.496 e. The molecule has 0 aromatic heterocycles. The Morgan fingerprint density at radius 2 is 1.80 bits per heavy atom. The first-order chi connectivity index (χ1) is 12.0. The molecule has 0 bridgehead atoms. The number of benzene rings is 2. The second kappa shape index (κ2) is 5.66. The van der Waals surface area contributed by atoms with Gasteiger partial charge in [0.2, 0.25) is 0 Å². The third-order valence-corrected chi connectivity index (χ3v) is 5.42. The van der Waals surface area contributed by atoms with Crippen LogP contribution in [0.25, 0.3) is 0 Å². The van der Waals surface area contributed by atoms with Crippen LogP contribution in [0.1, 0.15) is 69.8 Å². The number of hydrogen-bond acceptors (Lipinski definition) is 5. The molecular formula is C20H20O5. The average molecular weight is 340 g/mol. The molecule has 4 rings (SSSR count). The van der Waals surface area contributed by atoms with E-state index in [1.54, 1.807) is 30.3 Å². The van der Waals surface area contributed by atoms with Crippen molar-refractivity contribution < 1.29 is 24.9 Å². The fourth-order valence-electron chi connectivity index (χ4n) is 4.16. The Morgan fingerprint density at radius 1 is 1.04 bits per heavy atom. The van der Waals surface area contributed by atoms with Gasteiger partial charge in [0.1, 0.15) is 11.9 Å². The van der Waals surface area contributed by atoms with Crippen LogP contribution in [0, 0.1) is 5.92 Å². The van der Waals surface area contributed by atoms with Gasteiger partial charge in [-0.2, -0.15) is 0 Å². The quantitative estimate of drug-likeness (QED) is 0.742. The second-order valence-electron chi connectivity index (χ2n) is 6.86. The molecular weight excluding hydrogens is 320 g/mol. The lowest BCUT2D eigenvalue weighted by Crippen LogP contribution is -2.28. The molecule has 0 amide bonds. The van der Waals surface area contributed by atoms with Crippen molar-refractivity contribution in [2.45, 2.75) is 31.7 Å². The van der Waals surface area contributed by atoms with Gasteiger partial charge in [-0.3, -0.25) is 4.79 Å². The van der Waals surface area contributed by atoms with E-state index in [1.807, 2.05) is 6.92 Å². The van der Waals surface area contributed by atoms with E-state index in [-0.39, 0.29) is 11.7 Å². The third kappa shape index (κ3) is 2.16. The van der Waals surface area contributed by atoms with E-state index >= 15 is 0 Å². The molecule has 0 unspecified atom stereocenters. The molecule has 4 atom stereocenters. The van der Waals surface area contributed by atoms with Crippen molar-refractivity contribution in [1.29, 1.82) is 0 Å². The number of carbonyl (C=O) groups excluding carboxylic acids is 1. The summed E-state index contributed by atoms with van der Waals surface area (Å²) in [4.78, 5) is 13.0. The number of ether oxygens (including phenoxy) is 1. The van der Waals surface area contributed by atoms with Crippen molar-refractivity contribution in [3.05, 3.63) is 63.7 Å². The number of rotatable bonds is 1. The zero-order chi connectivity index (χ0) is 17.9. The Labute approximate surface area is 145 Å². The van der Waals surface area contributed by atoms with Crippen LogP contribution in [0.2, 0.25) is 0 Å². The first-order valence-corrected chi connectivity index (χ1v) is 8.38. The summed E-state index contributed by atoms with van der Waals surface area (Å²) < 4.78 is 5.29. The van der Waals surface area contributed by atoms with E-state index in [2.05, 4.69) is 0 Å². The van der Waals surface area contributed by atoms with Gasteiger partial charge < -0.3 is 20.1 Å². The number of carbonyl (C=O) groups is 1. The number of aliphatic hydroxyl groups excluding tert-OH is 3. The molecule has 0 spiro atoms. The van der Waals surface area contributed by atoms with E-state index in [0.29, 0.717) is 45.6 Å². The Balaban J connectivity index is 1.99. The first-order valence-electron chi connectivity index (χ1n) is 8.38. The second-order valence-corrected chi connectivity index (χ2v) is 6.86. The zero-order valence-electron chi connectivity index (χ0n) is 14.1. The lowest BCUT2D eigenvalue weighted by Gasteiger charge is -2.36. The van der Waals surface area contributed by atoms with E-state index in [9.17, 15) is 20.1 Å². The Kier molecular flexibility index (Phi) is 3.68. The van der Waals surface area contributed by atoms with Crippen LogP contribution in [-0.2, 0) is 0 Å². The minimum atomic E-state index is -1.05. The number of fused-ring (bicyclic) bond motifs is 4. The predicted molar refractivity (Wildman–Crippen MR) is 90.6 cm³/mol. The van der Waals surface area contributed by atoms with Crippen LogP contribution in [0.5, 0.6) is 5.75 Å². The highest BCUT2D eigenvalue weighted by atomic mass is 16.5. The maximum absolute atomic E-state index is 13.0. The molecule has 2 aliphatic carbocycles. The van der Waals surface area contributed by atoms with E-state index in [1.165, 1.54) is 7.11 Å². The number of hydrogen-bond donors (Lipinski definition) is 3. The molecule has 5 nitrogen and oxygen atoms in total. The van der Waals surface area contributed by atoms with Crippen LogP contribution in [0.3, 0.4) is 0 Å². The van der Waals surface area contributed by atoms with Gasteiger partial charge in [-0.1, -0.05) is 31.2 Å². The number of ketones is 1. The molecule has 2 aliphatic rings. The van der Waals surface area contributed by atoms with Crippen molar-refractivity contribution in [1.82, 2.24) is 0 Å². The smallest absolute Gasteiger partial charge is 0.197 e. The largest absolute Gasteiger partial charge is 0.496 e. The fourth-order valence-corrected chi connectivity index (χ4v) is 4.16. The fraction of sp³-hybridized carbons (Fsp3) is 0.350. The van der Waals surface area contributed by atoms with Crippen molar-refractivity contribution in [2.24, 2.45) is 5.92 Å². The highest BCUT2D eigenvalue weighted by Crippen LogP contribution is 2.48. The maximum Gasteiger partial charge on any atom is 0.197 e. The highest BCUT2D eigenvalue weighted by molar-refractivity contribution is 6.14. The van der Waals surface area contributed by atoms with Gasteiger partial charge in [0.05, 0.1) is 24.9 Å². The molecule has 5 heteroatoms. The van der Waals surface area contributed by atoms with E-state index in [4.69, 9.17) is 4.74 Å². The van der Waals surface area contributed by atoms with E-state index < -0.39 is 18.3 Å². The first kappa shape index (κ1) is 16.3. The molecule has 0 fully saturated rings. The van der Waals surface area contributed by atoms with Crippen LogP contribution >= 0.6 is 0 Å². The molecule has 2 aromatic rings. The van der Waals surface area contributed by atoms with Crippen LogP contribution in [0.4, 0.5) is 0 Å². The van der Waals surface area contributed by atoms with Gasteiger partial charge in [0, 0.05) is 11.1 Å². The molecule has 0 heterocycles. The van der Waals surface area contributed by atoms with Gasteiger partial charge in [-0.25, -0.2) is 0 Å². The summed E-state index contributed by atoms with van der Waals surface area (Å²) in [5.74, 6) is 0.0827. The van der Waals surface area contributed by atoms with Crippen LogP contribution in [-0.4, -0.2) is 28.2 Å². The predicted octanol–water partition coefficient (Wildman–Crippen LogP) is 2.43. The number of methoxy groups -OCH3 is 1. The molecule has 0 saturated carbocycles.